The molecule has 1 aromatic heterocycles. The second-order valence-electron chi connectivity index (χ2n) is 6.17. The molecule has 1 aromatic rings. The van der Waals surface area contributed by atoms with Gasteiger partial charge in [0.15, 0.2) is 6.73 Å². The highest BCUT2D eigenvalue weighted by atomic mass is 16.5. The smallest absolute Gasteiger partial charge is 0.346 e. The van der Waals surface area contributed by atoms with Gasteiger partial charge in [-0.15, -0.1) is 0 Å². The third kappa shape index (κ3) is 3.42. The normalized spacial score (nSPS) is 22.8. The van der Waals surface area contributed by atoms with E-state index in [4.69, 9.17) is 10.00 Å². The molecule has 0 saturated heterocycles. The average Bonchev–Trinajstić information content (AvgIpc) is 2.85. The summed E-state index contributed by atoms with van der Waals surface area (Å²) < 4.78 is 6.26. The molecule has 1 aliphatic rings. The van der Waals surface area contributed by atoms with Crippen LogP contribution in [0.5, 0.6) is 0 Å². The van der Waals surface area contributed by atoms with Gasteiger partial charge in [0.05, 0.1) is 12.0 Å². The number of carbonyl (C=O) groups excluding carboxylic acids is 1. The number of esters is 1. The molecule has 0 aromatic carbocycles. The molecule has 23 heavy (non-hydrogen) atoms. The van der Waals surface area contributed by atoms with Crippen molar-refractivity contribution in [3.63, 3.8) is 0 Å². The lowest BCUT2D eigenvalue weighted by Crippen LogP contribution is -2.22. The van der Waals surface area contributed by atoms with E-state index >= 15 is 0 Å². The molecule has 122 valence electrons. The van der Waals surface area contributed by atoms with E-state index in [0.717, 1.165) is 4.68 Å². The van der Waals surface area contributed by atoms with Crippen LogP contribution in [0.4, 0.5) is 0 Å². The maximum atomic E-state index is 12.2. The predicted octanol–water partition coefficient (Wildman–Crippen LogP) is 1.68. The molecule has 0 aliphatic heterocycles. The zero-order valence-corrected chi connectivity index (χ0v) is 13.7. The summed E-state index contributed by atoms with van der Waals surface area (Å²) in [7, 11) is 0. The summed E-state index contributed by atoms with van der Waals surface area (Å²) in [5.41, 5.74) is -0.158. The summed E-state index contributed by atoms with van der Waals surface area (Å²) in [6.07, 6.45) is 5.30. The van der Waals surface area contributed by atoms with Crippen LogP contribution in [0, 0.1) is 35.5 Å². The first kappa shape index (κ1) is 16.7. The summed E-state index contributed by atoms with van der Waals surface area (Å²) in [4.78, 5) is 26.2. The van der Waals surface area contributed by atoms with Crippen molar-refractivity contribution < 1.29 is 9.53 Å². The SMILES string of the molecule is C/C=C/C(C#N)=C/[C@@H]1[C@@H](C(=O)OCn2nc(C)[nH]c2=O)C1(C)C. The number of carbonyl (C=O) groups is 1. The molecule has 0 bridgehead atoms. The molecular weight excluding hydrogens is 296 g/mol. The second-order valence-corrected chi connectivity index (χ2v) is 6.17. The topological polar surface area (TPSA) is 101 Å². The second kappa shape index (κ2) is 6.24. The van der Waals surface area contributed by atoms with E-state index < -0.39 is 5.69 Å². The first-order valence-corrected chi connectivity index (χ1v) is 7.36. The lowest BCUT2D eigenvalue weighted by Gasteiger charge is -2.04. The minimum Gasteiger partial charge on any atom is -0.442 e. The van der Waals surface area contributed by atoms with Crippen LogP contribution in [0.15, 0.2) is 28.6 Å². The monoisotopic (exact) mass is 316 g/mol. The van der Waals surface area contributed by atoms with Gasteiger partial charge in [-0.05, 0) is 31.3 Å². The standard InChI is InChI=1S/C16H20N4O3/c1-5-6-11(8-17)7-12-13(16(12,3)4)14(21)23-9-20-15(22)18-10(2)19-20/h5-7,12-13H,9H2,1-4H3,(H,18,19,22)/b6-5+,11-7-/t12-,13+/m1/s1. The van der Waals surface area contributed by atoms with Crippen LogP contribution in [-0.2, 0) is 16.3 Å². The van der Waals surface area contributed by atoms with Crippen LogP contribution in [0.1, 0.15) is 26.6 Å². The summed E-state index contributed by atoms with van der Waals surface area (Å²) >= 11 is 0. The number of hydrogen-bond donors (Lipinski definition) is 1. The number of nitriles is 1. The number of hydrogen-bond acceptors (Lipinski definition) is 5. The molecule has 1 heterocycles. The number of aromatic amines is 1. The number of aromatic nitrogens is 3. The Balaban J connectivity index is 2.04. The maximum Gasteiger partial charge on any atom is 0.346 e. The molecule has 1 fully saturated rings. The highest BCUT2D eigenvalue weighted by Gasteiger charge is 2.61. The first-order valence-electron chi connectivity index (χ1n) is 7.36. The molecule has 7 heteroatoms. The molecule has 0 radical (unpaired) electrons. The lowest BCUT2D eigenvalue weighted by molar-refractivity contribution is -0.150. The third-order valence-corrected chi connectivity index (χ3v) is 4.12. The van der Waals surface area contributed by atoms with E-state index in [1.165, 1.54) is 0 Å². The van der Waals surface area contributed by atoms with Crippen molar-refractivity contribution >= 4 is 5.97 Å². The number of H-pyrrole nitrogens is 1. The van der Waals surface area contributed by atoms with E-state index in [1.54, 1.807) is 25.2 Å². The van der Waals surface area contributed by atoms with Gasteiger partial charge < -0.3 is 4.74 Å². The van der Waals surface area contributed by atoms with Gasteiger partial charge in [0, 0.05) is 5.57 Å². The van der Waals surface area contributed by atoms with Crippen molar-refractivity contribution in [1.29, 1.82) is 5.26 Å². The quantitative estimate of drug-likeness (QED) is 0.506. The summed E-state index contributed by atoms with van der Waals surface area (Å²) in [6, 6.07) is 2.10. The minimum atomic E-state index is -0.415. The molecule has 1 aliphatic carbocycles. The van der Waals surface area contributed by atoms with Crippen molar-refractivity contribution in [2.45, 2.75) is 34.4 Å². The van der Waals surface area contributed by atoms with Gasteiger partial charge in [0.1, 0.15) is 5.82 Å². The zero-order chi connectivity index (χ0) is 17.2. The Morgan fingerprint density at radius 2 is 2.26 bits per heavy atom. The molecular formula is C16H20N4O3. The minimum absolute atomic E-state index is 0.0570. The largest absolute Gasteiger partial charge is 0.442 e. The van der Waals surface area contributed by atoms with Crippen LogP contribution in [0.3, 0.4) is 0 Å². The Labute approximate surface area is 134 Å². The third-order valence-electron chi connectivity index (χ3n) is 4.12. The van der Waals surface area contributed by atoms with Gasteiger partial charge in [-0.2, -0.15) is 15.0 Å². The summed E-state index contributed by atoms with van der Waals surface area (Å²) in [6.45, 7) is 7.17. The maximum absolute atomic E-state index is 12.2. The molecule has 1 N–H and O–H groups in total. The van der Waals surface area contributed by atoms with E-state index in [2.05, 4.69) is 16.2 Å². The van der Waals surface area contributed by atoms with Gasteiger partial charge >= 0.3 is 11.7 Å². The van der Waals surface area contributed by atoms with Gasteiger partial charge in [-0.25, -0.2) is 4.79 Å². The fourth-order valence-electron chi connectivity index (χ4n) is 2.71. The number of rotatable bonds is 5. The molecule has 2 rings (SSSR count). The number of nitrogens with zero attached hydrogens (tertiary/aromatic N) is 3. The van der Waals surface area contributed by atoms with Crippen LogP contribution in [-0.4, -0.2) is 20.7 Å². The van der Waals surface area contributed by atoms with E-state index in [-0.39, 0.29) is 30.0 Å². The van der Waals surface area contributed by atoms with Crippen LogP contribution in [0.25, 0.3) is 0 Å². The zero-order valence-electron chi connectivity index (χ0n) is 13.7. The van der Waals surface area contributed by atoms with Gasteiger partial charge in [-0.1, -0.05) is 26.0 Å². The first-order chi connectivity index (χ1) is 10.8. The van der Waals surface area contributed by atoms with Crippen LogP contribution >= 0.6 is 0 Å². The van der Waals surface area contributed by atoms with E-state index in [0.29, 0.717) is 11.4 Å². The Morgan fingerprint density at radius 3 is 2.78 bits per heavy atom. The summed E-state index contributed by atoms with van der Waals surface area (Å²) in [5.74, 6) is -0.310. The van der Waals surface area contributed by atoms with Gasteiger partial charge in [0.2, 0.25) is 0 Å². The average molecular weight is 316 g/mol. The Bertz CT molecular complexity index is 761. The Kier molecular flexibility index (Phi) is 4.55. The van der Waals surface area contributed by atoms with Gasteiger partial charge in [-0.3, -0.25) is 9.78 Å². The number of allylic oxidation sites excluding steroid dienone is 4. The highest BCUT2D eigenvalue weighted by Crippen LogP contribution is 2.59. The number of nitrogens with one attached hydrogen (secondary N) is 1. The molecule has 2 atom stereocenters. The molecule has 0 spiro atoms. The van der Waals surface area contributed by atoms with Gasteiger partial charge in [0.25, 0.3) is 0 Å². The Morgan fingerprint density at radius 1 is 1.57 bits per heavy atom. The van der Waals surface area contributed by atoms with Crippen molar-refractivity contribution in [1.82, 2.24) is 14.8 Å². The lowest BCUT2D eigenvalue weighted by atomic mass is 10.1. The van der Waals surface area contributed by atoms with E-state index in [1.807, 2.05) is 20.8 Å². The fraction of sp³-hybridized carbons (Fsp3) is 0.500. The fourth-order valence-corrected chi connectivity index (χ4v) is 2.71. The molecule has 1 saturated carbocycles. The van der Waals surface area contributed by atoms with Crippen LogP contribution < -0.4 is 5.69 Å². The number of aryl methyl sites for hydroxylation is 1. The molecule has 0 amide bonds. The highest BCUT2D eigenvalue weighted by molar-refractivity contribution is 5.78. The van der Waals surface area contributed by atoms with Crippen molar-refractivity contribution in [3.05, 3.63) is 40.1 Å². The van der Waals surface area contributed by atoms with E-state index in [9.17, 15) is 9.59 Å². The van der Waals surface area contributed by atoms with Crippen molar-refractivity contribution in [2.24, 2.45) is 17.3 Å². The molecule has 0 unspecified atom stereocenters. The van der Waals surface area contributed by atoms with Crippen molar-refractivity contribution in [3.8, 4) is 6.07 Å². The molecule has 7 nitrogen and oxygen atoms in total. The van der Waals surface area contributed by atoms with Crippen LogP contribution in [0.2, 0.25) is 0 Å². The number of ether oxygens (including phenoxy) is 1. The Hall–Kier alpha value is -2.62. The predicted molar refractivity (Wildman–Crippen MR) is 82.9 cm³/mol. The summed E-state index contributed by atoms with van der Waals surface area (Å²) in [5, 5.41) is 13.0. The van der Waals surface area contributed by atoms with Crippen molar-refractivity contribution in [2.75, 3.05) is 0 Å².